The predicted molar refractivity (Wildman–Crippen MR) is 193 cm³/mol. The van der Waals surface area contributed by atoms with Crippen molar-refractivity contribution in [3.63, 3.8) is 0 Å². The van der Waals surface area contributed by atoms with E-state index in [1.165, 1.54) is 15.4 Å². The number of likely N-dealkylation sites (N-methyl/N-ethyl adjacent to an activating group) is 1. The molecule has 5 aliphatic rings. The zero-order valence-electron chi connectivity index (χ0n) is 30.9. The average Bonchev–Trinajstić information content (AvgIpc) is 3.49. The van der Waals surface area contributed by atoms with Gasteiger partial charge in [0.05, 0.1) is 19.8 Å². The van der Waals surface area contributed by atoms with Crippen LogP contribution in [-0.4, -0.2) is 140 Å². The second-order valence-corrected chi connectivity index (χ2v) is 14.4. The molecule has 7 N–H and O–H groups in total. The molecule has 6 atom stereocenters. The van der Waals surface area contributed by atoms with Gasteiger partial charge in [-0.1, -0.05) is 6.07 Å². The van der Waals surface area contributed by atoms with Crippen molar-refractivity contribution in [3.05, 3.63) is 35.1 Å². The number of rotatable bonds is 13. The Morgan fingerprint density at radius 3 is 2.67 bits per heavy atom. The molecule has 2 aliphatic carbocycles. The quantitative estimate of drug-likeness (QED) is 0.0787. The molecule has 3 aliphatic heterocycles. The van der Waals surface area contributed by atoms with Crippen molar-refractivity contribution in [2.24, 2.45) is 22.4 Å². The lowest BCUT2D eigenvalue weighted by Crippen LogP contribution is -2.64. The van der Waals surface area contributed by atoms with E-state index in [0.717, 1.165) is 24.9 Å². The molecular formula is C36H50N8O10. The van der Waals surface area contributed by atoms with E-state index in [2.05, 4.69) is 33.6 Å². The summed E-state index contributed by atoms with van der Waals surface area (Å²) in [7, 11) is 3.77. The standard InChI is InChI=1S/C36H50N8O10/c1-4-52-34(49)43-14-15-44(21(19-43)18-40-32(48)23(6-5-12-39-33(37)38)41-27(45)17-28(46)47)35(50)53-26-10-8-22-24-16-20-7-9-25(51-3)30-29(20)36(22,31(26)54-30)11-13-42(24)2/h7,9-10,21-24,31H,4-6,8,11-19H2,1-3H3,(H,40,48)(H,41,45)(H,46,47)(H4,37,38,39). The number of likely N-dealkylation sites (tertiary alicyclic amines) is 1. The number of ether oxygens (including phenoxy) is 4. The third kappa shape index (κ3) is 7.43. The molecule has 0 radical (unpaired) electrons. The van der Waals surface area contributed by atoms with Crippen LogP contribution in [0.2, 0.25) is 0 Å². The van der Waals surface area contributed by atoms with Gasteiger partial charge >= 0.3 is 18.2 Å². The maximum atomic E-state index is 14.2. The van der Waals surface area contributed by atoms with Crippen molar-refractivity contribution in [1.29, 1.82) is 0 Å². The second kappa shape index (κ2) is 16.0. The number of carbonyl (C=O) groups is 5. The normalized spacial score (nSPS) is 25.6. The van der Waals surface area contributed by atoms with E-state index in [9.17, 15) is 24.0 Å². The Morgan fingerprint density at radius 2 is 1.94 bits per heavy atom. The van der Waals surface area contributed by atoms with Crippen molar-refractivity contribution >= 4 is 35.9 Å². The maximum Gasteiger partial charge on any atom is 0.415 e. The highest BCUT2D eigenvalue weighted by Crippen LogP contribution is 2.63. The van der Waals surface area contributed by atoms with E-state index in [1.807, 2.05) is 12.1 Å². The van der Waals surface area contributed by atoms with E-state index in [1.54, 1.807) is 14.0 Å². The number of nitrogens with zero attached hydrogens (tertiary/aromatic N) is 4. The van der Waals surface area contributed by atoms with E-state index in [4.69, 9.17) is 35.5 Å². The first-order valence-electron chi connectivity index (χ1n) is 18.4. The van der Waals surface area contributed by atoms with Gasteiger partial charge < -0.3 is 56.0 Å². The number of aliphatic imine (C=N–C) groups is 1. The van der Waals surface area contributed by atoms with Crippen LogP contribution in [0.5, 0.6) is 11.5 Å². The number of guanidine groups is 1. The molecule has 0 aromatic heterocycles. The largest absolute Gasteiger partial charge is 0.493 e. The number of piperidine rings is 1. The molecule has 0 saturated carbocycles. The van der Waals surface area contributed by atoms with E-state index in [-0.39, 0.29) is 57.6 Å². The van der Waals surface area contributed by atoms with Crippen LogP contribution in [-0.2, 0) is 35.7 Å². The maximum absolute atomic E-state index is 14.2. The lowest BCUT2D eigenvalue weighted by Gasteiger charge is -2.56. The highest BCUT2D eigenvalue weighted by Gasteiger charge is 2.65. The lowest BCUT2D eigenvalue weighted by molar-refractivity contribution is -0.141. The van der Waals surface area contributed by atoms with Gasteiger partial charge in [0.1, 0.15) is 18.2 Å². The first-order valence-corrected chi connectivity index (χ1v) is 18.4. The fraction of sp³-hybridized carbons (Fsp3) is 0.611. The van der Waals surface area contributed by atoms with Crippen molar-refractivity contribution in [2.45, 2.75) is 75.1 Å². The van der Waals surface area contributed by atoms with Gasteiger partial charge in [0.25, 0.3) is 0 Å². The van der Waals surface area contributed by atoms with Crippen LogP contribution >= 0.6 is 0 Å². The average molecular weight is 755 g/mol. The summed E-state index contributed by atoms with van der Waals surface area (Å²) in [6.45, 7) is 3.06. The molecule has 3 heterocycles. The van der Waals surface area contributed by atoms with Gasteiger partial charge in [0.15, 0.2) is 23.6 Å². The van der Waals surface area contributed by atoms with Crippen molar-refractivity contribution in [3.8, 4) is 11.5 Å². The fourth-order valence-electron chi connectivity index (χ4n) is 8.87. The minimum absolute atomic E-state index is 0.0275. The molecule has 54 heavy (non-hydrogen) atoms. The molecule has 6 unspecified atom stereocenters. The monoisotopic (exact) mass is 754 g/mol. The Labute approximate surface area is 313 Å². The minimum Gasteiger partial charge on any atom is -0.493 e. The highest BCUT2D eigenvalue weighted by molar-refractivity contribution is 5.96. The van der Waals surface area contributed by atoms with Crippen LogP contribution in [0.15, 0.2) is 29.0 Å². The van der Waals surface area contributed by atoms with Crippen LogP contribution < -0.4 is 31.6 Å². The summed E-state index contributed by atoms with van der Waals surface area (Å²) in [5.41, 5.74) is 12.8. The fourth-order valence-corrected chi connectivity index (χ4v) is 8.87. The van der Waals surface area contributed by atoms with Crippen LogP contribution in [0.1, 0.15) is 50.2 Å². The number of hydrogen-bond donors (Lipinski definition) is 5. The number of amides is 4. The molecule has 2 fully saturated rings. The number of carboxylic acid groups (broad SMARTS) is 1. The molecule has 18 heteroatoms. The topological polar surface area (TPSA) is 241 Å². The van der Waals surface area contributed by atoms with Crippen molar-refractivity contribution < 1.29 is 48.0 Å². The summed E-state index contributed by atoms with van der Waals surface area (Å²) in [4.78, 5) is 73.2. The third-order valence-electron chi connectivity index (χ3n) is 11.3. The van der Waals surface area contributed by atoms with E-state index < -0.39 is 60.0 Å². The van der Waals surface area contributed by atoms with Crippen molar-refractivity contribution in [1.82, 2.24) is 25.3 Å². The predicted octanol–water partition coefficient (Wildman–Crippen LogP) is 0.267. The van der Waals surface area contributed by atoms with Crippen LogP contribution in [0.25, 0.3) is 0 Å². The Bertz CT molecular complexity index is 1720. The van der Waals surface area contributed by atoms with Gasteiger partial charge in [-0.15, -0.1) is 0 Å². The molecular weight excluding hydrogens is 704 g/mol. The summed E-state index contributed by atoms with van der Waals surface area (Å²) in [5, 5.41) is 14.3. The molecule has 1 aromatic rings. The number of carbonyl (C=O) groups excluding carboxylic acids is 4. The Kier molecular flexibility index (Phi) is 11.4. The van der Waals surface area contributed by atoms with Gasteiger partial charge in [0.2, 0.25) is 11.8 Å². The number of nitrogens with one attached hydrogen (secondary N) is 2. The zero-order chi connectivity index (χ0) is 38.7. The number of benzene rings is 1. The SMILES string of the molecule is CCOC(=O)N1CCN(C(=O)OC2=CCC3C4Cc5ccc(OC)c6c5C3(CCN4C)C2O6)C(CNC(=O)C(CCCN=C(N)N)NC(=O)CC(=O)O)C1. The van der Waals surface area contributed by atoms with Gasteiger partial charge in [-0.25, -0.2) is 9.59 Å². The molecule has 2 bridgehead atoms. The highest BCUT2D eigenvalue weighted by atomic mass is 16.6. The van der Waals surface area contributed by atoms with Gasteiger partial charge in [-0.2, -0.15) is 0 Å². The van der Waals surface area contributed by atoms with Gasteiger partial charge in [0, 0.05) is 49.7 Å². The number of methoxy groups -OCH3 is 1. The van der Waals surface area contributed by atoms with Gasteiger partial charge in [-0.3, -0.25) is 24.3 Å². The van der Waals surface area contributed by atoms with E-state index in [0.29, 0.717) is 36.1 Å². The van der Waals surface area contributed by atoms with Crippen LogP contribution in [0.3, 0.4) is 0 Å². The number of carboxylic acids is 1. The summed E-state index contributed by atoms with van der Waals surface area (Å²) >= 11 is 0. The number of nitrogens with two attached hydrogens (primary N) is 2. The minimum atomic E-state index is -1.35. The van der Waals surface area contributed by atoms with E-state index >= 15 is 0 Å². The number of aliphatic carboxylic acids is 1. The molecule has 6 rings (SSSR count). The first-order chi connectivity index (χ1) is 25.9. The molecule has 1 aromatic carbocycles. The third-order valence-corrected chi connectivity index (χ3v) is 11.3. The summed E-state index contributed by atoms with van der Waals surface area (Å²) < 4.78 is 23.9. The smallest absolute Gasteiger partial charge is 0.415 e. The van der Waals surface area contributed by atoms with Crippen LogP contribution in [0.4, 0.5) is 9.59 Å². The second-order valence-electron chi connectivity index (χ2n) is 14.4. The van der Waals surface area contributed by atoms with Crippen LogP contribution in [0, 0.1) is 5.92 Å². The number of allylic oxidation sites excluding steroid dienone is 1. The Balaban J connectivity index is 1.20. The number of piperazine rings is 1. The summed E-state index contributed by atoms with van der Waals surface area (Å²) in [6.07, 6.45) is 2.18. The van der Waals surface area contributed by atoms with Crippen molar-refractivity contribution in [2.75, 3.05) is 60.0 Å². The molecule has 1 spiro atoms. The summed E-state index contributed by atoms with van der Waals surface area (Å²) in [6, 6.07) is 2.49. The Hall–Kier alpha value is -5.26. The van der Waals surface area contributed by atoms with Gasteiger partial charge in [-0.05, 0) is 76.2 Å². The molecule has 18 nitrogen and oxygen atoms in total. The summed E-state index contributed by atoms with van der Waals surface area (Å²) in [5.74, 6) is -0.937. The zero-order valence-corrected chi connectivity index (χ0v) is 30.9. The molecule has 2 saturated heterocycles. The molecule has 294 valence electrons. The lowest BCUT2D eigenvalue weighted by atomic mass is 9.53. The number of hydrogen-bond acceptors (Lipinski definition) is 11. The molecule has 4 amide bonds. The Morgan fingerprint density at radius 1 is 1.15 bits per heavy atom. The first kappa shape index (κ1) is 38.5.